The van der Waals surface area contributed by atoms with Crippen LogP contribution in [0, 0.1) is 0 Å². The van der Waals surface area contributed by atoms with Crippen molar-refractivity contribution >= 4 is 5.97 Å². The first-order chi connectivity index (χ1) is 6.83. The summed E-state index contributed by atoms with van der Waals surface area (Å²) in [6.07, 6.45) is 1.79. The molecule has 1 aromatic rings. The van der Waals surface area contributed by atoms with E-state index < -0.39 is 0 Å². The lowest BCUT2D eigenvalue weighted by Gasteiger charge is -2.27. The van der Waals surface area contributed by atoms with Crippen LogP contribution >= 0.6 is 0 Å². The molecular formula is C10H14N2O2. The molecule has 14 heavy (non-hydrogen) atoms. The molecule has 2 N–H and O–H groups in total. The van der Waals surface area contributed by atoms with Crippen LogP contribution in [0.15, 0.2) is 12.3 Å². The predicted octanol–water partition coefficient (Wildman–Crippen LogP) is 0.878. The van der Waals surface area contributed by atoms with Crippen molar-refractivity contribution in [3.8, 4) is 0 Å². The molecule has 1 fully saturated rings. The maximum Gasteiger partial charge on any atom is 0.355 e. The predicted molar refractivity (Wildman–Crippen MR) is 52.4 cm³/mol. The highest BCUT2D eigenvalue weighted by Gasteiger charge is 2.25. The smallest absolute Gasteiger partial charge is 0.355 e. The number of esters is 1. The molecule has 0 aromatic carbocycles. The van der Waals surface area contributed by atoms with Gasteiger partial charge in [0.15, 0.2) is 0 Å². The van der Waals surface area contributed by atoms with E-state index in [9.17, 15) is 4.79 Å². The van der Waals surface area contributed by atoms with Crippen molar-refractivity contribution in [2.75, 3.05) is 19.7 Å². The lowest BCUT2D eigenvalue weighted by Crippen LogP contribution is -2.40. The number of aromatic amines is 1. The van der Waals surface area contributed by atoms with Crippen LogP contribution in [0.25, 0.3) is 0 Å². The maximum absolute atomic E-state index is 11.5. The topological polar surface area (TPSA) is 54.1 Å². The Hall–Kier alpha value is -1.29. The van der Waals surface area contributed by atoms with E-state index >= 15 is 0 Å². The van der Waals surface area contributed by atoms with Crippen LogP contribution in [0.2, 0.25) is 0 Å². The standard InChI is InChI=1S/C10H14N2O2/c1-2-14-10(13)9-8(3-4-12-9)7-5-11-6-7/h3-4,7,11-12H,2,5-6H2,1H3. The molecule has 76 valence electrons. The Balaban J connectivity index is 2.16. The molecule has 2 heterocycles. The number of H-pyrrole nitrogens is 1. The number of hydrogen-bond acceptors (Lipinski definition) is 3. The average Bonchev–Trinajstić information content (AvgIpc) is 2.50. The molecule has 1 saturated heterocycles. The van der Waals surface area contributed by atoms with Crippen molar-refractivity contribution in [1.29, 1.82) is 0 Å². The van der Waals surface area contributed by atoms with Crippen molar-refractivity contribution in [3.05, 3.63) is 23.5 Å². The third-order valence-electron chi connectivity index (χ3n) is 2.48. The van der Waals surface area contributed by atoms with Gasteiger partial charge in [0.05, 0.1) is 6.61 Å². The van der Waals surface area contributed by atoms with E-state index in [1.165, 1.54) is 0 Å². The fourth-order valence-electron chi connectivity index (χ4n) is 1.61. The second-order valence-corrected chi connectivity index (χ2v) is 3.38. The molecule has 0 saturated carbocycles. The van der Waals surface area contributed by atoms with Gasteiger partial charge >= 0.3 is 5.97 Å². The number of carbonyl (C=O) groups is 1. The molecule has 4 heteroatoms. The first kappa shape index (κ1) is 9.27. The number of nitrogens with one attached hydrogen (secondary N) is 2. The third kappa shape index (κ3) is 1.53. The summed E-state index contributed by atoms with van der Waals surface area (Å²) in [5.41, 5.74) is 1.68. The summed E-state index contributed by atoms with van der Waals surface area (Å²) in [5.74, 6) is 0.208. The summed E-state index contributed by atoms with van der Waals surface area (Å²) in [6, 6.07) is 1.96. The zero-order chi connectivity index (χ0) is 9.97. The molecule has 1 aliphatic heterocycles. The summed E-state index contributed by atoms with van der Waals surface area (Å²) >= 11 is 0. The van der Waals surface area contributed by atoms with E-state index in [1.807, 2.05) is 13.0 Å². The average molecular weight is 194 g/mol. The van der Waals surface area contributed by atoms with Crippen LogP contribution in [0.1, 0.15) is 28.9 Å². The van der Waals surface area contributed by atoms with E-state index in [1.54, 1.807) is 6.20 Å². The minimum absolute atomic E-state index is 0.251. The van der Waals surface area contributed by atoms with Crippen LogP contribution in [-0.4, -0.2) is 30.6 Å². The zero-order valence-electron chi connectivity index (χ0n) is 8.17. The number of hydrogen-bond donors (Lipinski definition) is 2. The van der Waals surface area contributed by atoms with Gasteiger partial charge in [-0.05, 0) is 18.6 Å². The number of rotatable bonds is 3. The summed E-state index contributed by atoms with van der Waals surface area (Å²) < 4.78 is 4.96. The SMILES string of the molecule is CCOC(=O)c1[nH]ccc1C1CNC1. The van der Waals surface area contributed by atoms with Crippen molar-refractivity contribution in [2.24, 2.45) is 0 Å². The van der Waals surface area contributed by atoms with Gasteiger partial charge in [-0.15, -0.1) is 0 Å². The van der Waals surface area contributed by atoms with Gasteiger partial charge in [0, 0.05) is 25.2 Å². The van der Waals surface area contributed by atoms with Gasteiger partial charge in [-0.1, -0.05) is 0 Å². The summed E-state index contributed by atoms with van der Waals surface area (Å²) in [4.78, 5) is 14.4. The fraction of sp³-hybridized carbons (Fsp3) is 0.500. The van der Waals surface area contributed by atoms with E-state index in [0.717, 1.165) is 18.7 Å². The molecule has 2 rings (SSSR count). The van der Waals surface area contributed by atoms with Gasteiger partial charge in [0.1, 0.15) is 5.69 Å². The molecule has 4 nitrogen and oxygen atoms in total. The van der Waals surface area contributed by atoms with E-state index in [4.69, 9.17) is 4.74 Å². The van der Waals surface area contributed by atoms with Crippen LogP contribution < -0.4 is 5.32 Å². The Bertz CT molecular complexity index is 329. The zero-order valence-corrected chi connectivity index (χ0v) is 8.17. The van der Waals surface area contributed by atoms with Gasteiger partial charge in [-0.2, -0.15) is 0 Å². The van der Waals surface area contributed by atoms with Crippen LogP contribution in [0.4, 0.5) is 0 Å². The molecule has 1 aliphatic rings. The molecule has 0 amide bonds. The summed E-state index contributed by atoms with van der Waals surface area (Å²) in [5, 5.41) is 3.18. The first-order valence-electron chi connectivity index (χ1n) is 4.88. The number of aromatic nitrogens is 1. The van der Waals surface area contributed by atoms with E-state index in [-0.39, 0.29) is 5.97 Å². The molecule has 0 unspecified atom stereocenters. The summed E-state index contributed by atoms with van der Waals surface area (Å²) in [7, 11) is 0. The molecule has 0 spiro atoms. The molecule has 1 aromatic heterocycles. The Morgan fingerprint density at radius 3 is 3.00 bits per heavy atom. The van der Waals surface area contributed by atoms with E-state index in [2.05, 4.69) is 10.3 Å². The van der Waals surface area contributed by atoms with Gasteiger partial charge < -0.3 is 15.0 Å². The van der Waals surface area contributed by atoms with E-state index in [0.29, 0.717) is 18.2 Å². The van der Waals surface area contributed by atoms with Gasteiger partial charge in [0.25, 0.3) is 0 Å². The van der Waals surface area contributed by atoms with Crippen molar-refractivity contribution in [3.63, 3.8) is 0 Å². The number of carbonyl (C=O) groups excluding carboxylic acids is 1. The quantitative estimate of drug-likeness (QED) is 0.702. The maximum atomic E-state index is 11.5. The van der Waals surface area contributed by atoms with Crippen molar-refractivity contribution in [1.82, 2.24) is 10.3 Å². The molecule has 0 aliphatic carbocycles. The minimum Gasteiger partial charge on any atom is -0.461 e. The van der Waals surface area contributed by atoms with Gasteiger partial charge in [-0.3, -0.25) is 0 Å². The first-order valence-corrected chi connectivity index (χ1v) is 4.88. The highest BCUT2D eigenvalue weighted by molar-refractivity contribution is 5.89. The Morgan fingerprint density at radius 2 is 2.43 bits per heavy atom. The fourth-order valence-corrected chi connectivity index (χ4v) is 1.61. The van der Waals surface area contributed by atoms with Crippen LogP contribution in [0.3, 0.4) is 0 Å². The monoisotopic (exact) mass is 194 g/mol. The second kappa shape index (κ2) is 3.84. The summed E-state index contributed by atoms with van der Waals surface area (Å²) in [6.45, 7) is 4.13. The van der Waals surface area contributed by atoms with Crippen LogP contribution in [0.5, 0.6) is 0 Å². The molecule has 0 radical (unpaired) electrons. The van der Waals surface area contributed by atoms with Gasteiger partial charge in [0.2, 0.25) is 0 Å². The third-order valence-corrected chi connectivity index (χ3v) is 2.48. The molecule has 0 bridgehead atoms. The van der Waals surface area contributed by atoms with Crippen molar-refractivity contribution < 1.29 is 9.53 Å². The Labute approximate surface area is 82.6 Å². The minimum atomic E-state index is -0.251. The van der Waals surface area contributed by atoms with Crippen molar-refractivity contribution in [2.45, 2.75) is 12.8 Å². The largest absolute Gasteiger partial charge is 0.461 e. The van der Waals surface area contributed by atoms with Crippen LogP contribution in [-0.2, 0) is 4.74 Å². The lowest BCUT2D eigenvalue weighted by molar-refractivity contribution is 0.0518. The molecular weight excluding hydrogens is 180 g/mol. The van der Waals surface area contributed by atoms with Gasteiger partial charge in [-0.25, -0.2) is 4.79 Å². The lowest BCUT2D eigenvalue weighted by atomic mass is 9.94. The second-order valence-electron chi connectivity index (χ2n) is 3.38. The highest BCUT2D eigenvalue weighted by atomic mass is 16.5. The Kier molecular flexibility index (Phi) is 2.54. The normalized spacial score (nSPS) is 16.4. The number of ether oxygens (including phenoxy) is 1. The molecule has 0 atom stereocenters. The Morgan fingerprint density at radius 1 is 1.64 bits per heavy atom. The highest BCUT2D eigenvalue weighted by Crippen LogP contribution is 2.23.